The number of amides is 2. The Balaban J connectivity index is 2.18. The van der Waals surface area contributed by atoms with Crippen molar-refractivity contribution in [3.8, 4) is 0 Å². The summed E-state index contributed by atoms with van der Waals surface area (Å²) in [6.45, 7) is 0. The number of halogens is 1. The van der Waals surface area contributed by atoms with Crippen molar-refractivity contribution < 1.29 is 14.1 Å². The van der Waals surface area contributed by atoms with Gasteiger partial charge in [0.05, 0.1) is 5.03 Å². The molecule has 0 radical (unpaired) electrons. The Bertz CT molecular complexity index is 322. The van der Waals surface area contributed by atoms with Gasteiger partial charge in [0.25, 0.3) is 5.91 Å². The molecule has 1 saturated heterocycles. The number of nitrogens with one attached hydrogen (secondary N) is 1. The second-order valence-electron chi connectivity index (χ2n) is 3.00. The minimum Gasteiger partial charge on any atom is -0.614 e. The van der Waals surface area contributed by atoms with Gasteiger partial charge in [-0.25, -0.2) is 0 Å². The quantitative estimate of drug-likeness (QED) is 0.383. The lowest BCUT2D eigenvalue weighted by Gasteiger charge is -2.45. The number of carbonyl (C=O) groups is 2. The maximum Gasteiger partial charge on any atom is 0.260 e. The SMILES string of the molecule is O=CN[C@@H]1C(=O)N2C=C(Cl)C[S+]([O-])[C@@H]12. The number of hydrogen-bond acceptors (Lipinski definition) is 3. The summed E-state index contributed by atoms with van der Waals surface area (Å²) in [6, 6.07) is -0.658. The summed E-state index contributed by atoms with van der Waals surface area (Å²) < 4.78 is 11.5. The largest absolute Gasteiger partial charge is 0.614 e. The molecule has 3 atom stereocenters. The summed E-state index contributed by atoms with van der Waals surface area (Å²) in [5.41, 5.74) is 0. The molecule has 0 aliphatic carbocycles. The molecule has 14 heavy (non-hydrogen) atoms. The summed E-state index contributed by atoms with van der Waals surface area (Å²) in [4.78, 5) is 22.8. The van der Waals surface area contributed by atoms with Gasteiger partial charge in [0.15, 0.2) is 6.04 Å². The number of hydrogen-bond donors (Lipinski definition) is 1. The fourth-order valence-electron chi connectivity index (χ4n) is 1.54. The van der Waals surface area contributed by atoms with E-state index in [1.54, 1.807) is 0 Å². The molecular weight excluding hydrogens is 228 g/mol. The van der Waals surface area contributed by atoms with Gasteiger partial charge >= 0.3 is 0 Å². The van der Waals surface area contributed by atoms with Gasteiger partial charge in [-0.1, -0.05) is 11.6 Å². The highest BCUT2D eigenvalue weighted by Crippen LogP contribution is 2.32. The van der Waals surface area contributed by atoms with Crippen LogP contribution in [-0.2, 0) is 20.8 Å². The first kappa shape index (κ1) is 9.82. The molecule has 0 saturated carbocycles. The van der Waals surface area contributed by atoms with Crippen molar-refractivity contribution in [3.63, 3.8) is 0 Å². The fraction of sp³-hybridized carbons (Fsp3) is 0.429. The highest BCUT2D eigenvalue weighted by molar-refractivity contribution is 7.92. The normalized spacial score (nSPS) is 35.6. The van der Waals surface area contributed by atoms with Crippen LogP contribution in [0, 0.1) is 0 Å². The van der Waals surface area contributed by atoms with Crippen LogP contribution in [0.3, 0.4) is 0 Å². The predicted octanol–water partition coefficient (Wildman–Crippen LogP) is -0.888. The van der Waals surface area contributed by atoms with Crippen LogP contribution in [0.15, 0.2) is 11.2 Å². The van der Waals surface area contributed by atoms with Crippen LogP contribution in [0.25, 0.3) is 0 Å². The van der Waals surface area contributed by atoms with Gasteiger partial charge in [-0.05, 0) is 11.2 Å². The van der Waals surface area contributed by atoms with Crippen molar-refractivity contribution in [2.24, 2.45) is 0 Å². The van der Waals surface area contributed by atoms with E-state index in [0.717, 1.165) is 0 Å². The van der Waals surface area contributed by atoms with Crippen LogP contribution in [0.1, 0.15) is 0 Å². The van der Waals surface area contributed by atoms with E-state index < -0.39 is 22.6 Å². The maximum absolute atomic E-state index is 11.5. The van der Waals surface area contributed by atoms with Crippen LogP contribution in [-0.4, -0.2) is 38.9 Å². The Morgan fingerprint density at radius 3 is 3.14 bits per heavy atom. The van der Waals surface area contributed by atoms with Crippen LogP contribution >= 0.6 is 11.6 Å². The van der Waals surface area contributed by atoms with E-state index in [-0.39, 0.29) is 11.7 Å². The lowest BCUT2D eigenvalue weighted by Crippen LogP contribution is -2.71. The minimum atomic E-state index is -1.23. The Labute approximate surface area is 88.3 Å². The number of carbonyl (C=O) groups excluding carboxylic acids is 2. The molecule has 1 unspecified atom stereocenters. The van der Waals surface area contributed by atoms with Gasteiger partial charge in [-0.3, -0.25) is 14.5 Å². The second-order valence-corrected chi connectivity index (χ2v) is 5.02. The van der Waals surface area contributed by atoms with Crippen LogP contribution < -0.4 is 5.32 Å². The molecular formula is C7H7ClN2O3S. The molecule has 2 rings (SSSR count). The molecule has 5 nitrogen and oxygen atoms in total. The number of fused-ring (bicyclic) bond motifs is 1. The Morgan fingerprint density at radius 2 is 2.50 bits per heavy atom. The minimum absolute atomic E-state index is 0.243. The van der Waals surface area contributed by atoms with Gasteiger partial charge in [0, 0.05) is 6.20 Å². The molecule has 0 aromatic heterocycles. The van der Waals surface area contributed by atoms with Crippen LogP contribution in [0.4, 0.5) is 0 Å². The second kappa shape index (κ2) is 3.45. The third kappa shape index (κ3) is 1.30. The molecule has 0 spiro atoms. The van der Waals surface area contributed by atoms with Gasteiger partial charge in [0.2, 0.25) is 11.8 Å². The lowest BCUT2D eigenvalue weighted by atomic mass is 10.1. The summed E-state index contributed by atoms with van der Waals surface area (Å²) in [5, 5.41) is 2.29. The molecule has 7 heteroatoms. The van der Waals surface area contributed by atoms with Gasteiger partial charge < -0.3 is 9.87 Å². The standard InChI is InChI=1S/C7H7ClN2O3S/c8-4-1-10-6(12)5(9-3-11)7(10)14(13)2-4/h1,3,5,7H,2H2,(H,9,11)/t5-,7+,14?/m1/s1. The van der Waals surface area contributed by atoms with E-state index in [1.807, 2.05) is 0 Å². The van der Waals surface area contributed by atoms with Gasteiger partial charge in [0.1, 0.15) is 5.75 Å². The van der Waals surface area contributed by atoms with Gasteiger partial charge in [-0.2, -0.15) is 0 Å². The Kier molecular flexibility index (Phi) is 2.42. The fourth-order valence-corrected chi connectivity index (χ4v) is 3.40. The monoisotopic (exact) mass is 234 g/mol. The molecule has 0 aromatic carbocycles. The Hall–Kier alpha value is -0.720. The molecule has 76 valence electrons. The maximum atomic E-state index is 11.5. The van der Waals surface area contributed by atoms with Gasteiger partial charge in [-0.15, -0.1) is 0 Å². The van der Waals surface area contributed by atoms with E-state index in [0.29, 0.717) is 11.4 Å². The van der Waals surface area contributed by atoms with Crippen LogP contribution in [0.2, 0.25) is 0 Å². The van der Waals surface area contributed by atoms with Crippen molar-refractivity contribution in [1.82, 2.24) is 10.2 Å². The highest BCUT2D eigenvalue weighted by Gasteiger charge is 2.56. The first-order valence-corrected chi connectivity index (χ1v) is 5.66. The molecule has 0 bridgehead atoms. The molecule has 2 aliphatic rings. The third-order valence-corrected chi connectivity index (χ3v) is 4.18. The summed E-state index contributed by atoms with van der Waals surface area (Å²) in [6.07, 6.45) is 1.91. The first-order chi connectivity index (χ1) is 6.65. The average Bonchev–Trinajstić information content (AvgIpc) is 2.14. The van der Waals surface area contributed by atoms with E-state index in [9.17, 15) is 14.1 Å². The third-order valence-electron chi connectivity index (χ3n) is 2.16. The van der Waals surface area contributed by atoms with Crippen molar-refractivity contribution >= 4 is 35.1 Å². The van der Waals surface area contributed by atoms with E-state index >= 15 is 0 Å². The molecule has 2 amide bonds. The molecule has 1 N–H and O–H groups in total. The van der Waals surface area contributed by atoms with Crippen molar-refractivity contribution in [1.29, 1.82) is 0 Å². The average molecular weight is 235 g/mol. The smallest absolute Gasteiger partial charge is 0.260 e. The summed E-state index contributed by atoms with van der Waals surface area (Å²) in [7, 11) is 0. The lowest BCUT2D eigenvalue weighted by molar-refractivity contribution is -0.143. The molecule has 0 aromatic rings. The summed E-state index contributed by atoms with van der Waals surface area (Å²) in [5.74, 6) is -0.0270. The highest BCUT2D eigenvalue weighted by atomic mass is 35.5. The first-order valence-electron chi connectivity index (χ1n) is 3.90. The predicted molar refractivity (Wildman–Crippen MR) is 50.6 cm³/mol. The van der Waals surface area contributed by atoms with Crippen molar-refractivity contribution in [2.75, 3.05) is 5.75 Å². The van der Waals surface area contributed by atoms with Crippen molar-refractivity contribution in [3.05, 3.63) is 11.2 Å². The number of β-lactam (4-membered cyclic amide) rings is 1. The van der Waals surface area contributed by atoms with Crippen molar-refractivity contribution in [2.45, 2.75) is 11.4 Å². The number of rotatable bonds is 2. The zero-order valence-corrected chi connectivity index (χ0v) is 8.55. The number of nitrogens with zero attached hydrogens (tertiary/aromatic N) is 1. The Morgan fingerprint density at radius 1 is 1.79 bits per heavy atom. The zero-order chi connectivity index (χ0) is 10.3. The summed E-state index contributed by atoms with van der Waals surface area (Å²) >= 11 is 4.45. The topological polar surface area (TPSA) is 72.5 Å². The zero-order valence-electron chi connectivity index (χ0n) is 6.97. The van der Waals surface area contributed by atoms with E-state index in [1.165, 1.54) is 11.1 Å². The van der Waals surface area contributed by atoms with Crippen LogP contribution in [0.5, 0.6) is 0 Å². The molecule has 1 fully saturated rings. The molecule has 2 aliphatic heterocycles. The molecule has 2 heterocycles. The van der Waals surface area contributed by atoms with E-state index in [4.69, 9.17) is 11.6 Å². The van der Waals surface area contributed by atoms with E-state index in [2.05, 4.69) is 5.32 Å².